The molecule has 0 spiro atoms. The average Bonchev–Trinajstić information content (AvgIpc) is 2.94. The monoisotopic (exact) mass is 314 g/mol. The normalized spacial score (nSPS) is 29.5. The topological polar surface area (TPSA) is 15.3 Å². The van der Waals surface area contributed by atoms with E-state index in [4.69, 9.17) is 0 Å². The van der Waals surface area contributed by atoms with Crippen molar-refractivity contribution in [3.63, 3.8) is 0 Å². The third-order valence-corrected chi connectivity index (χ3v) is 5.59. The minimum Gasteiger partial charge on any atom is -0.310 e. The lowest BCUT2D eigenvalue weighted by molar-refractivity contribution is 0.166. The summed E-state index contributed by atoms with van der Waals surface area (Å²) in [6, 6.07) is 3.83. The Hall–Kier alpha value is 0.1000. The van der Waals surface area contributed by atoms with Gasteiger partial charge in [0.05, 0.1) is 3.79 Å². The molecular weight excluding hydrogens is 296 g/mol. The summed E-state index contributed by atoms with van der Waals surface area (Å²) < 4.78 is 1.24. The van der Waals surface area contributed by atoms with E-state index in [0.717, 1.165) is 18.6 Å². The van der Waals surface area contributed by atoms with Crippen LogP contribution in [0.25, 0.3) is 0 Å². The molecule has 1 aromatic rings. The second-order valence-electron chi connectivity index (χ2n) is 5.19. The predicted molar refractivity (Wildman–Crippen MR) is 76.5 cm³/mol. The van der Waals surface area contributed by atoms with Crippen LogP contribution < -0.4 is 5.32 Å². The summed E-state index contributed by atoms with van der Waals surface area (Å²) in [6.45, 7) is 3.67. The average molecular weight is 315 g/mol. The Bertz CT molecular complexity index is 379. The van der Waals surface area contributed by atoms with E-state index in [1.807, 2.05) is 0 Å². The number of hydrogen-bond donors (Lipinski definition) is 1. The molecule has 1 aromatic heterocycles. The predicted octanol–water partition coefficient (Wildman–Crippen LogP) is 3.23. The fourth-order valence-corrected chi connectivity index (χ4v) is 4.32. The van der Waals surface area contributed by atoms with Gasteiger partial charge < -0.3 is 10.2 Å². The molecule has 0 saturated carbocycles. The zero-order valence-corrected chi connectivity index (χ0v) is 12.4. The number of rotatable bonds is 3. The van der Waals surface area contributed by atoms with Crippen LogP contribution in [0.5, 0.6) is 0 Å². The number of hydrogen-bond acceptors (Lipinski definition) is 3. The molecule has 1 N–H and O–H groups in total. The summed E-state index contributed by atoms with van der Waals surface area (Å²) >= 11 is 5.29. The van der Waals surface area contributed by atoms with E-state index in [-0.39, 0.29) is 0 Å². The molecule has 3 heterocycles. The molecule has 2 atom stereocenters. The summed E-state index contributed by atoms with van der Waals surface area (Å²) in [5.74, 6) is 0. The minimum absolute atomic E-state index is 0.730. The van der Waals surface area contributed by atoms with Crippen LogP contribution in [-0.4, -0.2) is 30.1 Å². The summed E-state index contributed by atoms with van der Waals surface area (Å²) in [5, 5.41) is 5.96. The molecule has 0 aliphatic carbocycles. The first-order chi connectivity index (χ1) is 8.31. The van der Waals surface area contributed by atoms with Crippen molar-refractivity contribution in [1.82, 2.24) is 10.2 Å². The maximum absolute atomic E-state index is 3.72. The Labute approximate surface area is 116 Å². The first-order valence-electron chi connectivity index (χ1n) is 6.51. The van der Waals surface area contributed by atoms with E-state index >= 15 is 0 Å². The number of thiophene rings is 1. The van der Waals surface area contributed by atoms with Gasteiger partial charge in [-0.25, -0.2) is 0 Å². The molecule has 0 radical (unpaired) electrons. The lowest BCUT2D eigenvalue weighted by Crippen LogP contribution is -2.45. The van der Waals surface area contributed by atoms with Crippen LogP contribution >= 0.6 is 27.3 Å². The number of halogens is 1. The quantitative estimate of drug-likeness (QED) is 0.921. The molecule has 0 aromatic carbocycles. The van der Waals surface area contributed by atoms with Gasteiger partial charge in [0.2, 0.25) is 0 Å². The van der Waals surface area contributed by atoms with Crippen molar-refractivity contribution in [3.05, 3.63) is 20.8 Å². The van der Waals surface area contributed by atoms with E-state index in [9.17, 15) is 0 Å². The van der Waals surface area contributed by atoms with Gasteiger partial charge in [-0.15, -0.1) is 11.3 Å². The molecule has 2 fully saturated rings. The fourth-order valence-electron chi connectivity index (χ4n) is 3.11. The van der Waals surface area contributed by atoms with Gasteiger partial charge in [-0.3, -0.25) is 0 Å². The first kappa shape index (κ1) is 12.2. The highest BCUT2D eigenvalue weighted by Gasteiger charge is 2.31. The Balaban J connectivity index is 1.49. The molecular formula is C13H19BrN2S. The highest BCUT2D eigenvalue weighted by molar-refractivity contribution is 9.11. The van der Waals surface area contributed by atoms with Crippen LogP contribution in [0.4, 0.5) is 0 Å². The van der Waals surface area contributed by atoms with Crippen molar-refractivity contribution in [2.45, 2.75) is 44.3 Å². The van der Waals surface area contributed by atoms with Gasteiger partial charge in [0.1, 0.15) is 0 Å². The smallest absolute Gasteiger partial charge is 0.0701 e. The summed E-state index contributed by atoms with van der Waals surface area (Å²) in [4.78, 5) is 2.68. The van der Waals surface area contributed by atoms with E-state index in [1.165, 1.54) is 48.1 Å². The molecule has 4 heteroatoms. The van der Waals surface area contributed by atoms with Gasteiger partial charge >= 0.3 is 0 Å². The molecule has 2 nitrogen and oxygen atoms in total. The Morgan fingerprint density at radius 3 is 3.18 bits per heavy atom. The number of nitrogens with zero attached hydrogens (tertiary/aromatic N) is 1. The van der Waals surface area contributed by atoms with Crippen LogP contribution in [0, 0.1) is 0 Å². The van der Waals surface area contributed by atoms with Crippen molar-refractivity contribution in [2.24, 2.45) is 0 Å². The Morgan fingerprint density at radius 1 is 1.41 bits per heavy atom. The maximum atomic E-state index is 3.72. The van der Waals surface area contributed by atoms with E-state index in [2.05, 4.69) is 37.6 Å². The SMILES string of the molecule is Brc1cc(CNC2CCN3CCCC3C2)cs1. The van der Waals surface area contributed by atoms with Crippen molar-refractivity contribution in [1.29, 1.82) is 0 Å². The van der Waals surface area contributed by atoms with Gasteiger partial charge in [-0.2, -0.15) is 0 Å². The van der Waals surface area contributed by atoms with Crippen LogP contribution in [0.2, 0.25) is 0 Å². The van der Waals surface area contributed by atoms with Gasteiger partial charge in [-0.1, -0.05) is 0 Å². The molecule has 2 unspecified atom stereocenters. The van der Waals surface area contributed by atoms with Gasteiger partial charge in [0.15, 0.2) is 0 Å². The molecule has 3 rings (SSSR count). The zero-order valence-electron chi connectivity index (χ0n) is 9.99. The van der Waals surface area contributed by atoms with Crippen molar-refractivity contribution >= 4 is 27.3 Å². The standard InChI is InChI=1S/C13H19BrN2S/c14-13-6-10(9-17-13)8-15-11-3-5-16-4-1-2-12(16)7-11/h6,9,11-12,15H,1-5,7-8H2. The molecule has 17 heavy (non-hydrogen) atoms. The number of nitrogens with one attached hydrogen (secondary N) is 1. The lowest BCUT2D eigenvalue weighted by Gasteiger charge is -2.35. The Morgan fingerprint density at radius 2 is 2.35 bits per heavy atom. The summed E-state index contributed by atoms with van der Waals surface area (Å²) in [7, 11) is 0. The van der Waals surface area contributed by atoms with Crippen molar-refractivity contribution < 1.29 is 0 Å². The molecule has 2 saturated heterocycles. The van der Waals surface area contributed by atoms with Gasteiger partial charge in [-0.05, 0) is 71.7 Å². The largest absolute Gasteiger partial charge is 0.310 e. The lowest BCUT2D eigenvalue weighted by atomic mass is 9.97. The minimum atomic E-state index is 0.730. The van der Waals surface area contributed by atoms with Crippen LogP contribution in [-0.2, 0) is 6.54 Å². The van der Waals surface area contributed by atoms with E-state index in [1.54, 1.807) is 11.3 Å². The van der Waals surface area contributed by atoms with E-state index in [0.29, 0.717) is 0 Å². The first-order valence-corrected chi connectivity index (χ1v) is 8.19. The van der Waals surface area contributed by atoms with Gasteiger partial charge in [0, 0.05) is 18.6 Å². The zero-order chi connectivity index (χ0) is 11.7. The summed E-state index contributed by atoms with van der Waals surface area (Å²) in [5.41, 5.74) is 1.41. The highest BCUT2D eigenvalue weighted by Crippen LogP contribution is 2.27. The van der Waals surface area contributed by atoms with Crippen LogP contribution in [0.1, 0.15) is 31.2 Å². The van der Waals surface area contributed by atoms with Crippen LogP contribution in [0.3, 0.4) is 0 Å². The molecule has 2 aliphatic rings. The summed E-state index contributed by atoms with van der Waals surface area (Å²) in [6.07, 6.45) is 5.50. The van der Waals surface area contributed by atoms with Crippen molar-refractivity contribution in [3.8, 4) is 0 Å². The Kier molecular flexibility index (Phi) is 3.85. The molecule has 0 bridgehead atoms. The number of fused-ring (bicyclic) bond motifs is 1. The van der Waals surface area contributed by atoms with Crippen LogP contribution in [0.15, 0.2) is 15.2 Å². The van der Waals surface area contributed by atoms with Gasteiger partial charge in [0.25, 0.3) is 0 Å². The van der Waals surface area contributed by atoms with E-state index < -0.39 is 0 Å². The maximum Gasteiger partial charge on any atom is 0.0701 e. The number of piperidine rings is 1. The third-order valence-electron chi connectivity index (χ3n) is 4.04. The fraction of sp³-hybridized carbons (Fsp3) is 0.692. The van der Waals surface area contributed by atoms with Crippen molar-refractivity contribution in [2.75, 3.05) is 13.1 Å². The third kappa shape index (κ3) is 2.92. The molecule has 0 amide bonds. The second kappa shape index (κ2) is 5.39. The molecule has 2 aliphatic heterocycles. The highest BCUT2D eigenvalue weighted by atomic mass is 79.9. The second-order valence-corrected chi connectivity index (χ2v) is 7.48. The molecule has 94 valence electrons.